The van der Waals surface area contributed by atoms with Gasteiger partial charge in [-0.05, 0) is 37.5 Å². The number of hydrogen-bond acceptors (Lipinski definition) is 5. The van der Waals surface area contributed by atoms with E-state index in [1.165, 1.54) is 15.6 Å². The summed E-state index contributed by atoms with van der Waals surface area (Å²) < 4.78 is 25.8. The Balaban J connectivity index is 1.52. The van der Waals surface area contributed by atoms with Crippen molar-refractivity contribution >= 4 is 55.6 Å². The van der Waals surface area contributed by atoms with Gasteiger partial charge in [0.25, 0.3) is 0 Å². The molecule has 27 heavy (non-hydrogen) atoms. The third kappa shape index (κ3) is 5.42. The first kappa shape index (κ1) is 20.5. The van der Waals surface area contributed by atoms with Gasteiger partial charge in [0.2, 0.25) is 15.9 Å². The molecule has 1 aliphatic rings. The topological polar surface area (TPSA) is 79.4 Å². The van der Waals surface area contributed by atoms with Crippen LogP contribution in [0.25, 0.3) is 11.3 Å². The van der Waals surface area contributed by atoms with E-state index in [4.69, 9.17) is 23.2 Å². The lowest BCUT2D eigenvalue weighted by Crippen LogP contribution is -2.30. The fourth-order valence-corrected chi connectivity index (χ4v) is 5.66. The first-order valence-corrected chi connectivity index (χ1v) is 11.8. The summed E-state index contributed by atoms with van der Waals surface area (Å²) in [5, 5.41) is 5.97. The van der Waals surface area contributed by atoms with E-state index < -0.39 is 10.0 Å². The number of rotatable bonds is 7. The van der Waals surface area contributed by atoms with Gasteiger partial charge in [-0.15, -0.1) is 11.3 Å². The van der Waals surface area contributed by atoms with Gasteiger partial charge in [-0.3, -0.25) is 4.79 Å². The van der Waals surface area contributed by atoms with Gasteiger partial charge in [-0.1, -0.05) is 23.2 Å². The number of aromatic nitrogens is 1. The number of halogens is 2. The van der Waals surface area contributed by atoms with Gasteiger partial charge in [0.15, 0.2) is 5.13 Å². The number of nitrogens with zero attached hydrogens (tertiary/aromatic N) is 2. The molecule has 1 aromatic heterocycles. The Morgan fingerprint density at radius 2 is 2.00 bits per heavy atom. The molecule has 0 atom stereocenters. The highest BCUT2D eigenvalue weighted by atomic mass is 35.5. The molecule has 1 aromatic carbocycles. The van der Waals surface area contributed by atoms with Crippen molar-refractivity contribution in [3.05, 3.63) is 33.6 Å². The second kappa shape index (κ2) is 8.87. The molecular weight excluding hydrogens is 429 g/mol. The van der Waals surface area contributed by atoms with Crippen LogP contribution >= 0.6 is 34.5 Å². The van der Waals surface area contributed by atoms with E-state index in [-0.39, 0.29) is 24.5 Å². The average Bonchev–Trinajstić information content (AvgIpc) is 3.26. The molecule has 0 saturated carbocycles. The zero-order valence-electron chi connectivity index (χ0n) is 14.5. The van der Waals surface area contributed by atoms with Crippen LogP contribution in [0.5, 0.6) is 0 Å². The number of benzene rings is 1. The van der Waals surface area contributed by atoms with Crippen LogP contribution in [0.2, 0.25) is 10.0 Å². The molecule has 6 nitrogen and oxygen atoms in total. The average molecular weight is 448 g/mol. The molecule has 0 bridgehead atoms. The lowest BCUT2D eigenvalue weighted by molar-refractivity contribution is -0.116. The summed E-state index contributed by atoms with van der Waals surface area (Å²) in [6.07, 6.45) is 2.23. The van der Waals surface area contributed by atoms with Crippen LogP contribution in [0.4, 0.5) is 5.13 Å². The third-order valence-electron chi connectivity index (χ3n) is 4.22. The van der Waals surface area contributed by atoms with Crippen LogP contribution in [-0.4, -0.2) is 42.5 Å². The summed E-state index contributed by atoms with van der Waals surface area (Å²) in [7, 11) is -3.25. The van der Waals surface area contributed by atoms with E-state index >= 15 is 0 Å². The van der Waals surface area contributed by atoms with E-state index in [0.717, 1.165) is 18.4 Å². The Kier molecular flexibility index (Phi) is 6.75. The zero-order chi connectivity index (χ0) is 19.4. The fourth-order valence-electron chi connectivity index (χ4n) is 2.84. The van der Waals surface area contributed by atoms with Crippen molar-refractivity contribution < 1.29 is 13.2 Å². The minimum atomic E-state index is -3.25. The number of anilines is 1. The molecule has 1 fully saturated rings. The SMILES string of the molecule is O=C(CCCS(=O)(=O)N1CCCC1)Nc1nc(-c2ccc(Cl)cc2Cl)cs1. The Labute approximate surface area is 172 Å². The van der Waals surface area contributed by atoms with Crippen LogP contribution in [0.1, 0.15) is 25.7 Å². The fraction of sp³-hybridized carbons (Fsp3) is 0.412. The maximum atomic E-state index is 12.2. The molecule has 1 N–H and O–H groups in total. The minimum Gasteiger partial charge on any atom is -0.302 e. The van der Waals surface area contributed by atoms with Crippen molar-refractivity contribution in [2.75, 3.05) is 24.2 Å². The van der Waals surface area contributed by atoms with Crippen LogP contribution in [0.15, 0.2) is 23.6 Å². The second-order valence-electron chi connectivity index (χ2n) is 6.24. The van der Waals surface area contributed by atoms with Crippen LogP contribution in [0.3, 0.4) is 0 Å². The van der Waals surface area contributed by atoms with Crippen LogP contribution in [-0.2, 0) is 14.8 Å². The van der Waals surface area contributed by atoms with Crippen LogP contribution in [0, 0.1) is 0 Å². The van der Waals surface area contributed by atoms with Crippen molar-refractivity contribution in [3.8, 4) is 11.3 Å². The van der Waals surface area contributed by atoms with Crippen LogP contribution < -0.4 is 5.32 Å². The quantitative estimate of drug-likeness (QED) is 0.687. The molecular formula is C17H19Cl2N3O3S2. The molecule has 1 aliphatic heterocycles. The summed E-state index contributed by atoms with van der Waals surface area (Å²) in [5.41, 5.74) is 1.38. The summed E-state index contributed by atoms with van der Waals surface area (Å²) in [4.78, 5) is 16.4. The molecule has 146 valence electrons. The maximum Gasteiger partial charge on any atom is 0.226 e. The van der Waals surface area contributed by atoms with Gasteiger partial charge in [-0.25, -0.2) is 17.7 Å². The molecule has 10 heteroatoms. The Bertz CT molecular complexity index is 925. The molecule has 1 saturated heterocycles. The molecule has 0 unspecified atom stereocenters. The van der Waals surface area contributed by atoms with Crippen molar-refractivity contribution in [3.63, 3.8) is 0 Å². The van der Waals surface area contributed by atoms with Gasteiger partial charge < -0.3 is 5.32 Å². The smallest absolute Gasteiger partial charge is 0.226 e. The maximum absolute atomic E-state index is 12.2. The highest BCUT2D eigenvalue weighted by Gasteiger charge is 2.24. The van der Waals surface area contributed by atoms with Gasteiger partial charge in [0.1, 0.15) is 0 Å². The molecule has 1 amide bonds. The standard InChI is InChI=1S/C17H19Cl2N3O3S2/c18-12-5-6-13(14(19)10-12)15-11-26-17(20-15)21-16(23)4-3-9-27(24,25)22-7-1-2-8-22/h5-6,10-11H,1-4,7-9H2,(H,20,21,23). The zero-order valence-corrected chi connectivity index (χ0v) is 17.6. The van der Waals surface area contributed by atoms with E-state index in [1.54, 1.807) is 23.6 Å². The predicted octanol–water partition coefficient (Wildman–Crippen LogP) is 4.26. The lowest BCUT2D eigenvalue weighted by Gasteiger charge is -2.14. The largest absolute Gasteiger partial charge is 0.302 e. The lowest BCUT2D eigenvalue weighted by atomic mass is 10.2. The Morgan fingerprint density at radius 3 is 2.70 bits per heavy atom. The summed E-state index contributed by atoms with van der Waals surface area (Å²) in [6.45, 7) is 1.17. The number of carbonyl (C=O) groups is 1. The number of sulfonamides is 1. The highest BCUT2D eigenvalue weighted by molar-refractivity contribution is 7.89. The van der Waals surface area contributed by atoms with Crippen molar-refractivity contribution in [1.82, 2.24) is 9.29 Å². The summed E-state index contributed by atoms with van der Waals surface area (Å²) in [6, 6.07) is 5.13. The van der Waals surface area contributed by atoms with Gasteiger partial charge >= 0.3 is 0 Å². The molecule has 2 aromatic rings. The number of amides is 1. The van der Waals surface area contributed by atoms with Gasteiger partial charge in [0.05, 0.1) is 16.5 Å². The number of nitrogens with one attached hydrogen (secondary N) is 1. The number of hydrogen-bond donors (Lipinski definition) is 1. The van der Waals surface area contributed by atoms with Crippen molar-refractivity contribution in [1.29, 1.82) is 0 Å². The van der Waals surface area contributed by atoms with Gasteiger partial charge in [-0.2, -0.15) is 0 Å². The normalized spacial score (nSPS) is 15.2. The second-order valence-corrected chi connectivity index (χ2v) is 10.0. The Morgan fingerprint density at radius 1 is 1.26 bits per heavy atom. The summed E-state index contributed by atoms with van der Waals surface area (Å²) in [5.74, 6) is -0.265. The van der Waals surface area contributed by atoms with Crippen molar-refractivity contribution in [2.45, 2.75) is 25.7 Å². The predicted molar refractivity (Wildman–Crippen MR) is 110 cm³/mol. The molecule has 0 radical (unpaired) electrons. The van der Waals surface area contributed by atoms with E-state index in [0.29, 0.717) is 34.0 Å². The molecule has 0 spiro atoms. The monoisotopic (exact) mass is 447 g/mol. The van der Waals surface area contributed by atoms with Crippen molar-refractivity contribution in [2.24, 2.45) is 0 Å². The molecule has 3 rings (SSSR count). The summed E-state index contributed by atoms with van der Waals surface area (Å²) >= 11 is 13.4. The Hall–Kier alpha value is -1.19. The third-order valence-corrected chi connectivity index (χ3v) is 7.48. The van der Waals surface area contributed by atoms with E-state index in [1.807, 2.05) is 0 Å². The van der Waals surface area contributed by atoms with E-state index in [2.05, 4.69) is 10.3 Å². The first-order valence-electron chi connectivity index (χ1n) is 8.54. The minimum absolute atomic E-state index is 0.01000. The van der Waals surface area contributed by atoms with Gasteiger partial charge in [0, 0.05) is 35.5 Å². The first-order chi connectivity index (χ1) is 12.8. The molecule has 0 aliphatic carbocycles. The van der Waals surface area contributed by atoms with E-state index in [9.17, 15) is 13.2 Å². The molecule has 2 heterocycles. The number of thiazole rings is 1. The highest BCUT2D eigenvalue weighted by Crippen LogP contribution is 2.32. The number of carbonyl (C=O) groups excluding carboxylic acids is 1.